The number of carbonyl (C=O) groups is 1. The van der Waals surface area contributed by atoms with E-state index >= 15 is 0 Å². The van der Waals surface area contributed by atoms with Crippen LogP contribution >= 0.6 is 0 Å². The second-order valence-corrected chi connectivity index (χ2v) is 8.64. The first-order valence-electron chi connectivity index (χ1n) is 11.4. The summed E-state index contributed by atoms with van der Waals surface area (Å²) >= 11 is 0. The van der Waals surface area contributed by atoms with Crippen LogP contribution in [0.4, 0.5) is 5.69 Å². The van der Waals surface area contributed by atoms with Gasteiger partial charge in [0.15, 0.2) is 5.75 Å². The molecule has 0 unspecified atom stereocenters. The molecule has 0 saturated heterocycles. The van der Waals surface area contributed by atoms with Crippen LogP contribution < -0.4 is 21.1 Å². The summed E-state index contributed by atoms with van der Waals surface area (Å²) in [5.74, 6) is 0.746. The maximum Gasteiger partial charge on any atom is 0.323 e. The lowest BCUT2D eigenvalue weighted by Crippen LogP contribution is -2.42. The highest BCUT2D eigenvalue weighted by Gasteiger charge is 2.28. The van der Waals surface area contributed by atoms with Crippen LogP contribution in [0.3, 0.4) is 0 Å². The highest BCUT2D eigenvalue weighted by Crippen LogP contribution is 2.31. The molecule has 0 radical (unpaired) electrons. The van der Waals surface area contributed by atoms with E-state index in [0.29, 0.717) is 11.6 Å². The molecule has 0 spiro atoms. The van der Waals surface area contributed by atoms with E-state index in [2.05, 4.69) is 22.2 Å². The fourth-order valence-corrected chi connectivity index (χ4v) is 4.15. The minimum absolute atomic E-state index is 0.00533. The molecule has 10 heteroatoms. The average molecular weight is 481 g/mol. The Bertz CT molecular complexity index is 1110. The third-order valence-electron chi connectivity index (χ3n) is 6.00. The number of amides is 1. The van der Waals surface area contributed by atoms with Gasteiger partial charge in [0.25, 0.3) is 5.91 Å². The monoisotopic (exact) mass is 480 g/mol. The number of nitrogens with one attached hydrogen (secondary N) is 2. The molecular weight excluding hydrogens is 448 g/mol. The van der Waals surface area contributed by atoms with Gasteiger partial charge < -0.3 is 26.0 Å². The van der Waals surface area contributed by atoms with Crippen LogP contribution in [0.15, 0.2) is 71.3 Å². The molecule has 0 aliphatic heterocycles. The summed E-state index contributed by atoms with van der Waals surface area (Å²) in [7, 11) is 5.10. The number of hydrogen-bond donors (Lipinski definition) is 3. The van der Waals surface area contributed by atoms with Crippen molar-refractivity contribution >= 4 is 17.3 Å². The molecule has 0 heterocycles. The number of ether oxygens (including phenoxy) is 1. The molecule has 1 saturated carbocycles. The minimum atomic E-state index is -0.592. The van der Waals surface area contributed by atoms with Crippen molar-refractivity contribution in [2.24, 2.45) is 10.7 Å². The Morgan fingerprint density at radius 2 is 1.80 bits per heavy atom. The van der Waals surface area contributed by atoms with Gasteiger partial charge in [0.05, 0.1) is 17.7 Å². The number of methoxy groups -OCH3 is 1. The van der Waals surface area contributed by atoms with Crippen LogP contribution in [0.2, 0.25) is 0 Å². The molecule has 0 bridgehead atoms. The van der Waals surface area contributed by atoms with Crippen molar-refractivity contribution in [2.45, 2.75) is 37.8 Å². The number of rotatable bonds is 8. The normalized spacial score (nSPS) is 21.9. The maximum atomic E-state index is 12.8. The quantitative estimate of drug-likeness (QED) is 0.384. The Morgan fingerprint density at radius 1 is 1.17 bits per heavy atom. The van der Waals surface area contributed by atoms with Crippen LogP contribution in [0.1, 0.15) is 36.0 Å². The van der Waals surface area contributed by atoms with Crippen LogP contribution in [-0.2, 0) is 0 Å². The predicted molar refractivity (Wildman–Crippen MR) is 136 cm³/mol. The maximum absolute atomic E-state index is 12.8. The van der Waals surface area contributed by atoms with Crippen LogP contribution in [0.5, 0.6) is 5.75 Å². The summed E-state index contributed by atoms with van der Waals surface area (Å²) in [5, 5.41) is 17.8. The van der Waals surface area contributed by atoms with Crippen LogP contribution in [0, 0.1) is 10.1 Å². The molecule has 3 rings (SSSR count). The molecule has 2 aliphatic carbocycles. The zero-order valence-electron chi connectivity index (χ0n) is 20.3. The molecule has 186 valence electrons. The van der Waals surface area contributed by atoms with E-state index in [4.69, 9.17) is 10.5 Å². The molecule has 2 aliphatic rings. The van der Waals surface area contributed by atoms with Crippen LogP contribution in [-0.4, -0.2) is 54.7 Å². The van der Waals surface area contributed by atoms with E-state index in [9.17, 15) is 14.9 Å². The van der Waals surface area contributed by atoms with Gasteiger partial charge in [0, 0.05) is 31.8 Å². The number of carbonyl (C=O) groups excluding carboxylic acids is 1. The largest absolute Gasteiger partial charge is 0.490 e. The van der Waals surface area contributed by atoms with Crippen molar-refractivity contribution in [1.82, 2.24) is 15.5 Å². The van der Waals surface area contributed by atoms with Gasteiger partial charge in [0.1, 0.15) is 17.2 Å². The lowest BCUT2D eigenvalue weighted by molar-refractivity contribution is -0.386. The fraction of sp³-hybridized carbons (Fsp3) is 0.360. The Kier molecular flexibility index (Phi) is 8.30. The highest BCUT2D eigenvalue weighted by molar-refractivity contribution is 6.12. The molecule has 1 fully saturated rings. The third kappa shape index (κ3) is 6.28. The first-order valence-corrected chi connectivity index (χ1v) is 11.4. The lowest BCUT2D eigenvalue weighted by Gasteiger charge is -2.30. The number of benzene rings is 1. The van der Waals surface area contributed by atoms with E-state index < -0.39 is 10.8 Å². The van der Waals surface area contributed by atoms with Gasteiger partial charge >= 0.3 is 5.69 Å². The third-order valence-corrected chi connectivity index (χ3v) is 6.00. The van der Waals surface area contributed by atoms with Crippen molar-refractivity contribution in [2.75, 3.05) is 21.2 Å². The summed E-state index contributed by atoms with van der Waals surface area (Å²) < 4.78 is 5.06. The van der Waals surface area contributed by atoms with Crippen molar-refractivity contribution in [3.8, 4) is 5.75 Å². The van der Waals surface area contributed by atoms with Gasteiger partial charge in [-0.1, -0.05) is 24.8 Å². The Hall–Kier alpha value is -4.08. The summed E-state index contributed by atoms with van der Waals surface area (Å²) in [6.07, 6.45) is 10.7. The van der Waals surface area contributed by atoms with Gasteiger partial charge in [-0.25, -0.2) is 4.99 Å². The number of nitro groups is 1. The predicted octanol–water partition coefficient (Wildman–Crippen LogP) is 3.00. The SMILES string of the molecule is C=C(/N=C1/C=CC=C/C1=C(/N)N(C)C)N[C@H]1CC[C@@H](NC(=O)c2cccc(OC)c2[N+](=O)[O-])CC1. The van der Waals surface area contributed by atoms with E-state index in [1.165, 1.54) is 19.2 Å². The van der Waals surface area contributed by atoms with Gasteiger partial charge in [-0.2, -0.15) is 0 Å². The number of nitro benzene ring substituents is 1. The average Bonchev–Trinajstić information content (AvgIpc) is 2.84. The first-order chi connectivity index (χ1) is 16.7. The second kappa shape index (κ2) is 11.4. The topological polar surface area (TPSA) is 135 Å². The van der Waals surface area contributed by atoms with E-state index in [1.807, 2.05) is 43.3 Å². The molecule has 10 nitrogen and oxygen atoms in total. The molecule has 0 atom stereocenters. The zero-order chi connectivity index (χ0) is 25.5. The fourth-order valence-electron chi connectivity index (χ4n) is 4.15. The Morgan fingerprint density at radius 3 is 2.40 bits per heavy atom. The van der Waals surface area contributed by atoms with Gasteiger partial charge in [0.2, 0.25) is 0 Å². The molecule has 1 amide bonds. The first kappa shape index (κ1) is 25.5. The molecule has 0 aromatic heterocycles. The molecule has 1 aromatic rings. The number of allylic oxidation sites excluding steroid dienone is 5. The van der Waals surface area contributed by atoms with Crippen molar-refractivity contribution in [3.63, 3.8) is 0 Å². The second-order valence-electron chi connectivity index (χ2n) is 8.64. The van der Waals surface area contributed by atoms with Crippen molar-refractivity contribution < 1.29 is 14.5 Å². The van der Waals surface area contributed by atoms with Gasteiger partial charge in [-0.05, 0) is 50.0 Å². The standard InChI is InChI=1S/C25H32N6O4/c1-16(28-21-10-6-5-8-19(21)24(26)30(2)3)27-17-12-14-18(15-13-17)29-25(32)20-9-7-11-22(35-4)23(20)31(33)34/h5-11,17-18,27H,1,12-15,26H2,2-4H3,(H,29,32)/b24-19+,28-21-/t17-,18+. The Labute approximate surface area is 205 Å². The lowest BCUT2D eigenvalue weighted by atomic mass is 9.91. The van der Waals surface area contributed by atoms with E-state index in [0.717, 1.165) is 37.0 Å². The number of nitrogens with two attached hydrogens (primary N) is 1. The molecular formula is C25H32N6O4. The smallest absolute Gasteiger partial charge is 0.323 e. The van der Waals surface area contributed by atoms with Crippen LogP contribution in [0.25, 0.3) is 0 Å². The van der Waals surface area contributed by atoms with E-state index in [-0.39, 0.29) is 29.1 Å². The minimum Gasteiger partial charge on any atom is -0.490 e. The van der Waals surface area contributed by atoms with Gasteiger partial charge in [-0.15, -0.1) is 0 Å². The summed E-state index contributed by atoms with van der Waals surface area (Å²) in [6, 6.07) is 4.56. The summed E-state index contributed by atoms with van der Waals surface area (Å²) in [5.41, 5.74) is 7.43. The highest BCUT2D eigenvalue weighted by atomic mass is 16.6. The number of aliphatic imine (C=N–C) groups is 1. The summed E-state index contributed by atoms with van der Waals surface area (Å²) in [6.45, 7) is 4.05. The zero-order valence-corrected chi connectivity index (χ0v) is 20.3. The van der Waals surface area contributed by atoms with E-state index in [1.54, 1.807) is 6.07 Å². The van der Waals surface area contributed by atoms with Crippen molar-refractivity contribution in [1.29, 1.82) is 0 Å². The number of nitrogens with zero attached hydrogens (tertiary/aromatic N) is 3. The van der Waals surface area contributed by atoms with Crippen molar-refractivity contribution in [3.05, 3.63) is 82.0 Å². The van der Waals surface area contributed by atoms with Gasteiger partial charge in [-0.3, -0.25) is 14.9 Å². The summed E-state index contributed by atoms with van der Waals surface area (Å²) in [4.78, 5) is 30.1. The molecule has 1 aromatic carbocycles. The molecule has 4 N–H and O–H groups in total. The molecule has 35 heavy (non-hydrogen) atoms. The number of para-hydroxylation sites is 1. The Balaban J connectivity index is 1.58. The number of hydrogen-bond acceptors (Lipinski definition) is 8.